The van der Waals surface area contributed by atoms with E-state index in [9.17, 15) is 9.59 Å². The van der Waals surface area contributed by atoms with Crippen LogP contribution >= 0.6 is 11.6 Å². The van der Waals surface area contributed by atoms with Crippen molar-refractivity contribution in [1.29, 1.82) is 0 Å². The standard InChI is InChI=1S/C15H15ClN2O4/c1-8-4-5-12(11(16)6-8)17-13(19)7-21-15(20)14-9(2)18-22-10(14)3/h4-6H,7H2,1-3H3,(H,17,19). The number of aryl methyl sites for hydroxylation is 3. The van der Waals surface area contributed by atoms with E-state index < -0.39 is 18.5 Å². The van der Waals surface area contributed by atoms with Gasteiger partial charge in [0.1, 0.15) is 11.3 Å². The van der Waals surface area contributed by atoms with Crippen molar-refractivity contribution in [3.05, 3.63) is 45.8 Å². The molecule has 0 unspecified atom stereocenters. The average Bonchev–Trinajstić information content (AvgIpc) is 2.79. The first-order valence-corrected chi connectivity index (χ1v) is 6.92. The van der Waals surface area contributed by atoms with E-state index in [4.69, 9.17) is 20.9 Å². The topological polar surface area (TPSA) is 81.4 Å². The number of anilines is 1. The lowest BCUT2D eigenvalue weighted by molar-refractivity contribution is -0.119. The number of ether oxygens (including phenoxy) is 1. The van der Waals surface area contributed by atoms with Crippen LogP contribution in [0.2, 0.25) is 5.02 Å². The van der Waals surface area contributed by atoms with Crippen molar-refractivity contribution in [2.45, 2.75) is 20.8 Å². The Morgan fingerprint density at radius 1 is 1.32 bits per heavy atom. The summed E-state index contributed by atoms with van der Waals surface area (Å²) in [4.78, 5) is 23.7. The molecule has 0 aliphatic heterocycles. The number of benzene rings is 1. The quantitative estimate of drug-likeness (QED) is 0.875. The number of esters is 1. The summed E-state index contributed by atoms with van der Waals surface area (Å²) >= 11 is 6.02. The number of aromatic nitrogens is 1. The summed E-state index contributed by atoms with van der Waals surface area (Å²) in [5, 5.41) is 6.66. The highest BCUT2D eigenvalue weighted by atomic mass is 35.5. The summed E-state index contributed by atoms with van der Waals surface area (Å²) in [6, 6.07) is 5.23. The monoisotopic (exact) mass is 322 g/mol. The maximum absolute atomic E-state index is 11.9. The van der Waals surface area contributed by atoms with E-state index in [0.29, 0.717) is 22.2 Å². The van der Waals surface area contributed by atoms with Gasteiger partial charge in [0.05, 0.1) is 16.4 Å². The van der Waals surface area contributed by atoms with E-state index in [2.05, 4.69) is 10.5 Å². The average molecular weight is 323 g/mol. The number of hydrogen-bond donors (Lipinski definition) is 1. The Bertz CT molecular complexity index is 705. The lowest BCUT2D eigenvalue weighted by Gasteiger charge is -2.08. The highest BCUT2D eigenvalue weighted by Gasteiger charge is 2.20. The van der Waals surface area contributed by atoms with Crippen molar-refractivity contribution < 1.29 is 18.8 Å². The third kappa shape index (κ3) is 3.65. The minimum Gasteiger partial charge on any atom is -0.452 e. The maximum Gasteiger partial charge on any atom is 0.344 e. The van der Waals surface area contributed by atoms with Crippen LogP contribution in [0.4, 0.5) is 5.69 Å². The second kappa shape index (κ2) is 6.62. The largest absolute Gasteiger partial charge is 0.452 e. The Labute approximate surface area is 132 Å². The molecular formula is C15H15ClN2O4. The van der Waals surface area contributed by atoms with Gasteiger partial charge in [-0.2, -0.15) is 0 Å². The molecule has 0 saturated heterocycles. The van der Waals surface area contributed by atoms with Crippen LogP contribution in [0.3, 0.4) is 0 Å². The molecule has 2 rings (SSSR count). The van der Waals surface area contributed by atoms with Gasteiger partial charge in [-0.1, -0.05) is 22.8 Å². The molecule has 116 valence electrons. The molecule has 1 aromatic heterocycles. The minimum atomic E-state index is -0.651. The summed E-state index contributed by atoms with van der Waals surface area (Å²) in [6.45, 7) is 4.69. The Morgan fingerprint density at radius 3 is 2.64 bits per heavy atom. The number of nitrogens with one attached hydrogen (secondary N) is 1. The van der Waals surface area contributed by atoms with Gasteiger partial charge in [-0.05, 0) is 38.5 Å². The van der Waals surface area contributed by atoms with Gasteiger partial charge in [-0.15, -0.1) is 0 Å². The van der Waals surface area contributed by atoms with Gasteiger partial charge in [-0.25, -0.2) is 4.79 Å². The molecule has 0 bridgehead atoms. The third-order valence-electron chi connectivity index (χ3n) is 2.97. The highest BCUT2D eigenvalue weighted by Crippen LogP contribution is 2.22. The zero-order valence-corrected chi connectivity index (χ0v) is 13.2. The predicted molar refractivity (Wildman–Crippen MR) is 81.1 cm³/mol. The van der Waals surface area contributed by atoms with Crippen LogP contribution in [0.25, 0.3) is 0 Å². The van der Waals surface area contributed by atoms with Gasteiger partial charge in [-0.3, -0.25) is 4.79 Å². The fourth-order valence-corrected chi connectivity index (χ4v) is 2.17. The van der Waals surface area contributed by atoms with Crippen LogP contribution in [0.15, 0.2) is 22.7 Å². The number of amides is 1. The second-order valence-corrected chi connectivity index (χ2v) is 5.21. The fourth-order valence-electron chi connectivity index (χ4n) is 1.89. The van der Waals surface area contributed by atoms with Crippen molar-refractivity contribution in [2.75, 3.05) is 11.9 Å². The molecule has 1 aromatic carbocycles. The van der Waals surface area contributed by atoms with E-state index in [1.165, 1.54) is 0 Å². The third-order valence-corrected chi connectivity index (χ3v) is 3.28. The SMILES string of the molecule is Cc1ccc(NC(=O)COC(=O)c2c(C)noc2C)c(Cl)c1. The first kappa shape index (κ1) is 16.0. The van der Waals surface area contributed by atoms with Gasteiger partial charge in [0.2, 0.25) is 0 Å². The molecule has 0 fully saturated rings. The second-order valence-electron chi connectivity index (χ2n) is 4.81. The highest BCUT2D eigenvalue weighted by molar-refractivity contribution is 6.33. The van der Waals surface area contributed by atoms with Crippen LogP contribution in [0.1, 0.15) is 27.4 Å². The predicted octanol–water partition coefficient (Wildman–Crippen LogP) is 3.05. The Hall–Kier alpha value is -2.34. The van der Waals surface area contributed by atoms with Crippen molar-refractivity contribution >= 4 is 29.2 Å². The van der Waals surface area contributed by atoms with Crippen LogP contribution in [0.5, 0.6) is 0 Å². The van der Waals surface area contributed by atoms with Gasteiger partial charge in [0.25, 0.3) is 5.91 Å². The smallest absolute Gasteiger partial charge is 0.344 e. The molecule has 7 heteroatoms. The van der Waals surface area contributed by atoms with Gasteiger partial charge in [0.15, 0.2) is 6.61 Å². The van der Waals surface area contributed by atoms with Crippen LogP contribution < -0.4 is 5.32 Å². The molecule has 0 saturated carbocycles. The summed E-state index contributed by atoms with van der Waals surface area (Å²) in [5.41, 5.74) is 2.10. The number of halogens is 1. The number of rotatable bonds is 4. The lowest BCUT2D eigenvalue weighted by Crippen LogP contribution is -2.21. The zero-order valence-electron chi connectivity index (χ0n) is 12.4. The van der Waals surface area contributed by atoms with Crippen molar-refractivity contribution in [3.63, 3.8) is 0 Å². The summed E-state index contributed by atoms with van der Waals surface area (Å²) in [5.74, 6) is -0.781. The first-order valence-electron chi connectivity index (χ1n) is 6.54. The van der Waals surface area contributed by atoms with Gasteiger partial charge >= 0.3 is 5.97 Å². The van der Waals surface area contributed by atoms with E-state index in [-0.39, 0.29) is 5.56 Å². The van der Waals surface area contributed by atoms with E-state index >= 15 is 0 Å². The molecule has 0 spiro atoms. The van der Waals surface area contributed by atoms with Gasteiger partial charge < -0.3 is 14.6 Å². The lowest BCUT2D eigenvalue weighted by atomic mass is 10.2. The van der Waals surface area contributed by atoms with Crippen LogP contribution in [0, 0.1) is 20.8 Å². The molecule has 6 nitrogen and oxygen atoms in total. The molecule has 1 amide bonds. The van der Waals surface area contributed by atoms with Crippen molar-refractivity contribution in [1.82, 2.24) is 5.16 Å². The summed E-state index contributed by atoms with van der Waals surface area (Å²) in [7, 11) is 0. The molecule has 22 heavy (non-hydrogen) atoms. The Balaban J connectivity index is 1.94. The normalized spacial score (nSPS) is 10.4. The van der Waals surface area contributed by atoms with Crippen LogP contribution in [-0.4, -0.2) is 23.6 Å². The number of carbonyl (C=O) groups excluding carboxylic acids is 2. The van der Waals surface area contributed by atoms with E-state index in [1.54, 1.807) is 26.0 Å². The molecule has 0 atom stereocenters. The molecule has 1 heterocycles. The van der Waals surface area contributed by atoms with Gasteiger partial charge in [0, 0.05) is 0 Å². The molecule has 2 aromatic rings. The number of hydrogen-bond acceptors (Lipinski definition) is 5. The number of carbonyl (C=O) groups is 2. The molecule has 1 N–H and O–H groups in total. The molecular weight excluding hydrogens is 308 g/mol. The summed E-state index contributed by atoms with van der Waals surface area (Å²) in [6.07, 6.45) is 0. The van der Waals surface area contributed by atoms with E-state index in [0.717, 1.165) is 5.56 Å². The molecule has 0 radical (unpaired) electrons. The Kier molecular flexibility index (Phi) is 4.82. The van der Waals surface area contributed by atoms with E-state index in [1.807, 2.05) is 13.0 Å². The van der Waals surface area contributed by atoms with Crippen molar-refractivity contribution in [2.24, 2.45) is 0 Å². The first-order chi connectivity index (χ1) is 10.4. The summed E-state index contributed by atoms with van der Waals surface area (Å²) < 4.78 is 9.83. The molecule has 0 aliphatic carbocycles. The maximum atomic E-state index is 11.9. The zero-order chi connectivity index (χ0) is 16.3. The number of nitrogens with zero attached hydrogens (tertiary/aromatic N) is 1. The van der Waals surface area contributed by atoms with Crippen LogP contribution in [-0.2, 0) is 9.53 Å². The van der Waals surface area contributed by atoms with Crippen molar-refractivity contribution in [3.8, 4) is 0 Å². The Morgan fingerprint density at radius 2 is 2.05 bits per heavy atom. The minimum absolute atomic E-state index is 0.237. The molecule has 0 aliphatic rings. The fraction of sp³-hybridized carbons (Fsp3) is 0.267.